The van der Waals surface area contributed by atoms with Crippen LogP contribution in [0.15, 0.2) is 22.7 Å². The third-order valence-corrected chi connectivity index (χ3v) is 5.24. The number of furan rings is 1. The number of carbonyl (C=O) groups is 1. The van der Waals surface area contributed by atoms with Crippen LogP contribution in [0, 0.1) is 5.92 Å². The van der Waals surface area contributed by atoms with E-state index >= 15 is 0 Å². The number of hydrogen-bond donors (Lipinski definition) is 0. The molecule has 8 heteroatoms. The van der Waals surface area contributed by atoms with Crippen molar-refractivity contribution < 1.29 is 13.9 Å². The number of methoxy groups -OCH3 is 1. The van der Waals surface area contributed by atoms with E-state index in [1.807, 2.05) is 30.7 Å². The molecule has 0 radical (unpaired) electrons. The van der Waals surface area contributed by atoms with E-state index in [1.54, 1.807) is 18.2 Å². The van der Waals surface area contributed by atoms with Crippen molar-refractivity contribution in [3.63, 3.8) is 0 Å². The van der Waals surface area contributed by atoms with Crippen LogP contribution < -0.4 is 0 Å². The van der Waals surface area contributed by atoms with Crippen LogP contribution >= 0.6 is 0 Å². The van der Waals surface area contributed by atoms with Gasteiger partial charge in [-0.3, -0.25) is 14.4 Å². The van der Waals surface area contributed by atoms with E-state index in [1.165, 1.54) is 0 Å². The summed E-state index contributed by atoms with van der Waals surface area (Å²) in [6.07, 6.45) is 4.09. The smallest absolute Gasteiger partial charge is 0.276 e. The quantitative estimate of drug-likeness (QED) is 0.655. The minimum atomic E-state index is -0.0498. The monoisotopic (exact) mass is 389 g/mol. The number of aromatic nitrogens is 3. The molecular weight excluding hydrogens is 358 g/mol. The lowest BCUT2D eigenvalue weighted by Crippen LogP contribution is -2.36. The van der Waals surface area contributed by atoms with Gasteiger partial charge in [0.2, 0.25) is 0 Å². The summed E-state index contributed by atoms with van der Waals surface area (Å²) in [5.74, 6) is 2.27. The van der Waals surface area contributed by atoms with Gasteiger partial charge >= 0.3 is 0 Å². The molecule has 8 nitrogen and oxygen atoms in total. The molecule has 0 saturated carbocycles. The first-order valence-electron chi connectivity index (χ1n) is 10.1. The van der Waals surface area contributed by atoms with Crippen molar-refractivity contribution in [2.75, 3.05) is 33.3 Å². The normalized spacial score (nSPS) is 17.8. The molecule has 2 aromatic heterocycles. The Morgan fingerprint density at radius 1 is 1.32 bits per heavy atom. The average molecular weight is 390 g/mol. The van der Waals surface area contributed by atoms with Crippen molar-refractivity contribution >= 4 is 5.91 Å². The van der Waals surface area contributed by atoms with Crippen LogP contribution in [0.5, 0.6) is 0 Å². The Balaban J connectivity index is 1.54. The molecule has 1 unspecified atom stereocenters. The second-order valence-corrected chi connectivity index (χ2v) is 7.35. The summed E-state index contributed by atoms with van der Waals surface area (Å²) < 4.78 is 12.7. The highest BCUT2D eigenvalue weighted by Gasteiger charge is 2.23. The molecule has 0 bridgehead atoms. The number of likely N-dealkylation sites (tertiary alicyclic amines) is 1. The average Bonchev–Trinajstić information content (AvgIpc) is 3.33. The first-order valence-corrected chi connectivity index (χ1v) is 10.1. The van der Waals surface area contributed by atoms with Crippen LogP contribution in [0.1, 0.15) is 48.7 Å². The Hall–Kier alpha value is -2.19. The molecule has 0 aromatic carbocycles. The van der Waals surface area contributed by atoms with Gasteiger partial charge in [0.1, 0.15) is 18.1 Å². The molecule has 1 atom stereocenters. The number of carbonyl (C=O) groups excluding carboxylic acids is 1. The molecule has 0 aliphatic carbocycles. The number of ether oxygens (including phenoxy) is 1. The van der Waals surface area contributed by atoms with Gasteiger partial charge < -0.3 is 14.1 Å². The van der Waals surface area contributed by atoms with E-state index in [9.17, 15) is 4.79 Å². The van der Waals surface area contributed by atoms with E-state index in [0.717, 1.165) is 50.5 Å². The lowest BCUT2D eigenvalue weighted by molar-refractivity contribution is 0.0767. The topological polar surface area (TPSA) is 76.6 Å². The fourth-order valence-electron chi connectivity index (χ4n) is 3.81. The molecule has 0 N–H and O–H groups in total. The van der Waals surface area contributed by atoms with Crippen molar-refractivity contribution in [2.24, 2.45) is 5.92 Å². The van der Waals surface area contributed by atoms with Crippen LogP contribution in [0.2, 0.25) is 0 Å². The van der Waals surface area contributed by atoms with Gasteiger partial charge in [-0.05, 0) is 51.3 Å². The summed E-state index contributed by atoms with van der Waals surface area (Å²) in [6.45, 7) is 9.45. The van der Waals surface area contributed by atoms with Crippen LogP contribution in [0.25, 0.3) is 0 Å². The highest BCUT2D eigenvalue weighted by molar-refractivity contribution is 5.91. The number of nitrogens with zero attached hydrogens (tertiary/aromatic N) is 5. The van der Waals surface area contributed by atoms with Gasteiger partial charge in [-0.1, -0.05) is 5.21 Å². The first-order chi connectivity index (χ1) is 13.6. The van der Waals surface area contributed by atoms with Crippen molar-refractivity contribution in [1.82, 2.24) is 24.8 Å². The summed E-state index contributed by atoms with van der Waals surface area (Å²) in [5.41, 5.74) is 0.428. The maximum Gasteiger partial charge on any atom is 0.276 e. The van der Waals surface area contributed by atoms with Crippen LogP contribution in [0.4, 0.5) is 0 Å². The zero-order valence-electron chi connectivity index (χ0n) is 17.1. The molecule has 1 fully saturated rings. The van der Waals surface area contributed by atoms with E-state index in [4.69, 9.17) is 9.15 Å². The van der Waals surface area contributed by atoms with E-state index in [0.29, 0.717) is 31.3 Å². The predicted octanol–water partition coefficient (Wildman–Crippen LogP) is 2.41. The summed E-state index contributed by atoms with van der Waals surface area (Å²) in [5, 5.41) is 8.27. The van der Waals surface area contributed by atoms with Crippen molar-refractivity contribution in [1.29, 1.82) is 0 Å². The first kappa shape index (κ1) is 20.5. The third-order valence-electron chi connectivity index (χ3n) is 5.24. The van der Waals surface area contributed by atoms with Gasteiger partial charge in [-0.15, -0.1) is 5.10 Å². The maximum absolute atomic E-state index is 12.4. The van der Waals surface area contributed by atoms with Crippen molar-refractivity contribution in [3.8, 4) is 0 Å². The maximum atomic E-state index is 12.4. The number of hydrogen-bond acceptors (Lipinski definition) is 6. The van der Waals surface area contributed by atoms with Gasteiger partial charge in [0.15, 0.2) is 5.69 Å². The minimum absolute atomic E-state index is 0.0498. The summed E-state index contributed by atoms with van der Waals surface area (Å²) in [4.78, 5) is 16.6. The molecule has 1 aliphatic rings. The molecule has 1 saturated heterocycles. The minimum Gasteiger partial charge on any atom is -0.462 e. The molecule has 1 amide bonds. The Kier molecular flexibility index (Phi) is 7.22. The van der Waals surface area contributed by atoms with Gasteiger partial charge in [-0.25, -0.2) is 0 Å². The molecule has 3 heterocycles. The van der Waals surface area contributed by atoms with Crippen LogP contribution in [-0.2, 0) is 24.4 Å². The highest BCUT2D eigenvalue weighted by atomic mass is 16.5. The SMILES string of the molecule is CCN(CC)C(=O)c1cn(CC2CCCN(Cc3ccc(COC)o3)C2)nn1. The van der Waals surface area contributed by atoms with E-state index in [-0.39, 0.29) is 5.91 Å². The Bertz CT molecular complexity index is 753. The lowest BCUT2D eigenvalue weighted by Gasteiger charge is -2.31. The predicted molar refractivity (Wildman–Crippen MR) is 105 cm³/mol. The van der Waals surface area contributed by atoms with Gasteiger partial charge in [0.05, 0.1) is 12.7 Å². The molecule has 3 rings (SSSR count). The Labute approximate surface area is 166 Å². The largest absolute Gasteiger partial charge is 0.462 e. The molecule has 0 spiro atoms. The summed E-state index contributed by atoms with van der Waals surface area (Å²) in [7, 11) is 1.67. The fourth-order valence-corrected chi connectivity index (χ4v) is 3.81. The molecule has 1 aliphatic heterocycles. The zero-order chi connectivity index (χ0) is 19.9. The van der Waals surface area contributed by atoms with Crippen molar-refractivity contribution in [3.05, 3.63) is 35.5 Å². The van der Waals surface area contributed by atoms with Crippen LogP contribution in [0.3, 0.4) is 0 Å². The van der Waals surface area contributed by atoms with Crippen molar-refractivity contribution in [2.45, 2.75) is 46.4 Å². The fraction of sp³-hybridized carbons (Fsp3) is 0.650. The molecule has 28 heavy (non-hydrogen) atoms. The number of rotatable bonds is 9. The third kappa shape index (κ3) is 5.20. The van der Waals surface area contributed by atoms with Gasteiger partial charge in [-0.2, -0.15) is 0 Å². The van der Waals surface area contributed by atoms with E-state index in [2.05, 4.69) is 15.2 Å². The van der Waals surface area contributed by atoms with Gasteiger partial charge in [0.25, 0.3) is 5.91 Å². The standard InChI is InChI=1S/C20H31N5O3/c1-4-24(5-2)20(26)19-14-25(22-21-19)12-16-7-6-10-23(11-16)13-17-8-9-18(28-17)15-27-3/h8-9,14,16H,4-7,10-13,15H2,1-3H3. The molecule has 2 aromatic rings. The lowest BCUT2D eigenvalue weighted by atomic mass is 9.98. The van der Waals surface area contributed by atoms with E-state index < -0.39 is 0 Å². The zero-order valence-corrected chi connectivity index (χ0v) is 17.1. The van der Waals surface area contributed by atoms with Crippen LogP contribution in [-0.4, -0.2) is 64.0 Å². The summed E-state index contributed by atoms with van der Waals surface area (Å²) in [6, 6.07) is 4.00. The molecule has 154 valence electrons. The second-order valence-electron chi connectivity index (χ2n) is 7.35. The Morgan fingerprint density at radius 2 is 2.11 bits per heavy atom. The molecular formula is C20H31N5O3. The van der Waals surface area contributed by atoms with Gasteiger partial charge in [0, 0.05) is 33.3 Å². The number of amides is 1. The second kappa shape index (κ2) is 9.84. The Morgan fingerprint density at radius 3 is 2.86 bits per heavy atom. The highest BCUT2D eigenvalue weighted by Crippen LogP contribution is 2.21. The summed E-state index contributed by atoms with van der Waals surface area (Å²) >= 11 is 0. The number of piperidine rings is 1.